The number of ether oxygens (including phenoxy) is 2. The van der Waals surface area contributed by atoms with Crippen molar-refractivity contribution in [3.63, 3.8) is 0 Å². The molecule has 1 aliphatic heterocycles. The molecule has 1 N–H and O–H groups in total. The fraction of sp³-hybridized carbons (Fsp3) is 0.583. The number of rotatable bonds is 10. The van der Waals surface area contributed by atoms with E-state index in [9.17, 15) is 4.79 Å². The minimum Gasteiger partial charge on any atom is -0.492 e. The highest BCUT2D eigenvalue weighted by Gasteiger charge is 2.15. The van der Waals surface area contributed by atoms with Gasteiger partial charge in [-0.25, -0.2) is 0 Å². The molecular weight excluding hydrogens is 392 g/mol. The second-order valence-electron chi connectivity index (χ2n) is 8.63. The van der Waals surface area contributed by atoms with Gasteiger partial charge in [0.2, 0.25) is 5.91 Å². The SMILES string of the molecule is Cc1nn(CC(C)C)c(C)c1CC(=O)NCc1cccc(OCCN2CCOCC2)c1. The van der Waals surface area contributed by atoms with Crippen LogP contribution in [-0.2, 0) is 29.0 Å². The lowest BCUT2D eigenvalue weighted by molar-refractivity contribution is -0.120. The molecule has 2 heterocycles. The van der Waals surface area contributed by atoms with E-state index in [1.165, 1.54) is 0 Å². The third-order valence-corrected chi connectivity index (χ3v) is 5.57. The van der Waals surface area contributed by atoms with Crippen molar-refractivity contribution in [1.82, 2.24) is 20.0 Å². The van der Waals surface area contributed by atoms with Gasteiger partial charge in [-0.1, -0.05) is 26.0 Å². The predicted molar refractivity (Wildman–Crippen MR) is 121 cm³/mol. The fourth-order valence-electron chi connectivity index (χ4n) is 3.80. The Morgan fingerprint density at radius 3 is 2.77 bits per heavy atom. The first kappa shape index (κ1) is 23.3. The van der Waals surface area contributed by atoms with Crippen LogP contribution in [0.15, 0.2) is 24.3 Å². The van der Waals surface area contributed by atoms with Crippen LogP contribution in [0.5, 0.6) is 5.75 Å². The molecule has 0 radical (unpaired) electrons. The maximum atomic E-state index is 12.6. The number of morpholine rings is 1. The molecular formula is C24H36N4O3. The van der Waals surface area contributed by atoms with Gasteiger partial charge in [0.05, 0.1) is 25.3 Å². The molecule has 170 valence electrons. The van der Waals surface area contributed by atoms with Gasteiger partial charge in [0.1, 0.15) is 12.4 Å². The highest BCUT2D eigenvalue weighted by molar-refractivity contribution is 5.79. The van der Waals surface area contributed by atoms with Gasteiger partial charge >= 0.3 is 0 Å². The molecule has 1 amide bonds. The van der Waals surface area contributed by atoms with Gasteiger partial charge in [0.15, 0.2) is 0 Å². The van der Waals surface area contributed by atoms with Crippen LogP contribution >= 0.6 is 0 Å². The fourth-order valence-corrected chi connectivity index (χ4v) is 3.80. The molecule has 1 aromatic heterocycles. The molecule has 1 aliphatic rings. The molecule has 7 heteroatoms. The first-order valence-electron chi connectivity index (χ1n) is 11.2. The summed E-state index contributed by atoms with van der Waals surface area (Å²) in [6, 6.07) is 7.93. The van der Waals surface area contributed by atoms with E-state index in [4.69, 9.17) is 9.47 Å². The predicted octanol–water partition coefficient (Wildman–Crippen LogP) is 2.73. The van der Waals surface area contributed by atoms with Crippen molar-refractivity contribution in [2.24, 2.45) is 5.92 Å². The summed E-state index contributed by atoms with van der Waals surface area (Å²) in [5.41, 5.74) is 4.07. The van der Waals surface area contributed by atoms with Crippen molar-refractivity contribution < 1.29 is 14.3 Å². The number of hydrogen-bond acceptors (Lipinski definition) is 5. The molecule has 1 aromatic carbocycles. The number of hydrogen-bond donors (Lipinski definition) is 1. The van der Waals surface area contributed by atoms with E-state index in [1.54, 1.807) is 0 Å². The van der Waals surface area contributed by atoms with E-state index < -0.39 is 0 Å². The highest BCUT2D eigenvalue weighted by Crippen LogP contribution is 2.16. The minimum atomic E-state index is 0.00827. The van der Waals surface area contributed by atoms with E-state index in [0.717, 1.165) is 67.7 Å². The van der Waals surface area contributed by atoms with Gasteiger partial charge < -0.3 is 14.8 Å². The number of aromatic nitrogens is 2. The number of nitrogens with one attached hydrogen (secondary N) is 1. The Bertz CT molecular complexity index is 857. The van der Waals surface area contributed by atoms with E-state index in [2.05, 4.69) is 29.2 Å². The molecule has 2 aromatic rings. The summed E-state index contributed by atoms with van der Waals surface area (Å²) in [5.74, 6) is 1.36. The summed E-state index contributed by atoms with van der Waals surface area (Å²) in [6.45, 7) is 14.8. The Morgan fingerprint density at radius 2 is 2.03 bits per heavy atom. The molecule has 31 heavy (non-hydrogen) atoms. The monoisotopic (exact) mass is 428 g/mol. The molecule has 0 aliphatic carbocycles. The van der Waals surface area contributed by atoms with Crippen molar-refractivity contribution in [3.05, 3.63) is 46.8 Å². The highest BCUT2D eigenvalue weighted by atomic mass is 16.5. The molecule has 0 bridgehead atoms. The third-order valence-electron chi connectivity index (χ3n) is 5.57. The smallest absolute Gasteiger partial charge is 0.224 e. The molecule has 1 fully saturated rings. The van der Waals surface area contributed by atoms with Gasteiger partial charge in [0, 0.05) is 44.0 Å². The second-order valence-corrected chi connectivity index (χ2v) is 8.63. The van der Waals surface area contributed by atoms with Crippen LogP contribution in [-0.4, -0.2) is 60.0 Å². The topological polar surface area (TPSA) is 68.6 Å². The summed E-state index contributed by atoms with van der Waals surface area (Å²) in [5, 5.41) is 7.64. The zero-order valence-electron chi connectivity index (χ0n) is 19.3. The molecule has 0 spiro atoms. The van der Waals surface area contributed by atoms with Gasteiger partial charge in [-0.15, -0.1) is 0 Å². The van der Waals surface area contributed by atoms with E-state index in [0.29, 0.717) is 25.5 Å². The van der Waals surface area contributed by atoms with Crippen LogP contribution in [0.4, 0.5) is 0 Å². The van der Waals surface area contributed by atoms with E-state index in [1.807, 2.05) is 42.8 Å². The molecule has 0 atom stereocenters. The molecule has 0 saturated carbocycles. The molecule has 3 rings (SSSR count). The van der Waals surface area contributed by atoms with Crippen LogP contribution in [0.3, 0.4) is 0 Å². The largest absolute Gasteiger partial charge is 0.492 e. The second kappa shape index (κ2) is 11.3. The number of nitrogens with zero attached hydrogens (tertiary/aromatic N) is 3. The third kappa shape index (κ3) is 7.08. The first-order chi connectivity index (χ1) is 14.9. The van der Waals surface area contributed by atoms with Crippen LogP contribution in [0, 0.1) is 19.8 Å². The van der Waals surface area contributed by atoms with Crippen molar-refractivity contribution in [3.8, 4) is 5.75 Å². The maximum absolute atomic E-state index is 12.6. The van der Waals surface area contributed by atoms with Crippen molar-refractivity contribution in [1.29, 1.82) is 0 Å². The molecule has 1 saturated heterocycles. The van der Waals surface area contributed by atoms with Crippen molar-refractivity contribution in [2.45, 2.75) is 47.2 Å². The summed E-state index contributed by atoms with van der Waals surface area (Å²) in [6.07, 6.45) is 0.353. The van der Waals surface area contributed by atoms with Crippen molar-refractivity contribution >= 4 is 5.91 Å². The van der Waals surface area contributed by atoms with E-state index >= 15 is 0 Å². The van der Waals surface area contributed by atoms with E-state index in [-0.39, 0.29) is 5.91 Å². The summed E-state index contributed by atoms with van der Waals surface area (Å²) < 4.78 is 13.3. The van der Waals surface area contributed by atoms with Gasteiger partial charge in [-0.3, -0.25) is 14.4 Å². The molecule has 7 nitrogen and oxygen atoms in total. The van der Waals surface area contributed by atoms with Gasteiger partial charge in [-0.2, -0.15) is 5.10 Å². The van der Waals surface area contributed by atoms with Crippen LogP contribution in [0.1, 0.15) is 36.4 Å². The van der Waals surface area contributed by atoms with Crippen LogP contribution in [0.25, 0.3) is 0 Å². The normalized spacial score (nSPS) is 14.7. The lowest BCUT2D eigenvalue weighted by Crippen LogP contribution is -2.38. The van der Waals surface area contributed by atoms with Gasteiger partial charge in [-0.05, 0) is 37.5 Å². The number of amides is 1. The Kier molecular flexibility index (Phi) is 8.49. The number of carbonyl (C=O) groups excluding carboxylic acids is 1. The maximum Gasteiger partial charge on any atom is 0.224 e. The Morgan fingerprint density at radius 1 is 1.26 bits per heavy atom. The number of benzene rings is 1. The first-order valence-corrected chi connectivity index (χ1v) is 11.2. The standard InChI is InChI=1S/C24H36N4O3/c1-18(2)17-28-20(4)23(19(3)26-28)15-24(29)25-16-21-6-5-7-22(14-21)31-13-10-27-8-11-30-12-9-27/h5-7,14,18H,8-13,15-17H2,1-4H3,(H,25,29). The van der Waals surface area contributed by atoms with Gasteiger partial charge in [0.25, 0.3) is 0 Å². The average Bonchev–Trinajstić information content (AvgIpc) is 3.00. The summed E-state index contributed by atoms with van der Waals surface area (Å²) in [4.78, 5) is 14.9. The zero-order chi connectivity index (χ0) is 22.2. The lowest BCUT2D eigenvalue weighted by atomic mass is 10.1. The van der Waals surface area contributed by atoms with Crippen LogP contribution in [0.2, 0.25) is 0 Å². The number of aryl methyl sites for hydroxylation is 1. The minimum absolute atomic E-state index is 0.00827. The quantitative estimate of drug-likeness (QED) is 0.630. The Hall–Kier alpha value is -2.38. The number of carbonyl (C=O) groups is 1. The summed E-state index contributed by atoms with van der Waals surface area (Å²) in [7, 11) is 0. The Balaban J connectivity index is 1.47. The zero-order valence-corrected chi connectivity index (χ0v) is 19.3. The van der Waals surface area contributed by atoms with Crippen molar-refractivity contribution in [2.75, 3.05) is 39.5 Å². The lowest BCUT2D eigenvalue weighted by Gasteiger charge is -2.26. The summed E-state index contributed by atoms with van der Waals surface area (Å²) >= 11 is 0. The average molecular weight is 429 g/mol. The molecule has 0 unspecified atom stereocenters. The van der Waals surface area contributed by atoms with Crippen LogP contribution < -0.4 is 10.1 Å². The Labute approximate surface area is 185 Å².